The maximum Gasteiger partial charge on any atom is 0.253 e. The molecule has 24 heavy (non-hydrogen) atoms. The molecule has 1 aromatic carbocycles. The third-order valence-corrected chi connectivity index (χ3v) is 5.38. The topological polar surface area (TPSA) is 49.4 Å². The normalized spacial score (nSPS) is 20.0. The smallest absolute Gasteiger partial charge is 0.253 e. The fourth-order valence-corrected chi connectivity index (χ4v) is 3.70. The summed E-state index contributed by atoms with van der Waals surface area (Å²) in [7, 11) is 0. The van der Waals surface area contributed by atoms with E-state index < -0.39 is 0 Å². The summed E-state index contributed by atoms with van der Waals surface area (Å²) in [6.45, 7) is 3.87. The quantitative estimate of drug-likeness (QED) is 0.921. The molecule has 1 aromatic rings. The highest BCUT2D eigenvalue weighted by atomic mass is 16.2. The van der Waals surface area contributed by atoms with E-state index in [-0.39, 0.29) is 17.9 Å². The Balaban J connectivity index is 1.64. The molecule has 2 fully saturated rings. The molecule has 3 rings (SSSR count). The lowest BCUT2D eigenvalue weighted by molar-refractivity contribution is 0.0697. The van der Waals surface area contributed by atoms with Gasteiger partial charge in [-0.15, -0.1) is 0 Å². The third-order valence-electron chi connectivity index (χ3n) is 5.38. The van der Waals surface area contributed by atoms with Crippen molar-refractivity contribution in [3.05, 3.63) is 35.4 Å². The Labute approximate surface area is 144 Å². The van der Waals surface area contributed by atoms with Crippen LogP contribution >= 0.6 is 0 Å². The Hall–Kier alpha value is -1.84. The van der Waals surface area contributed by atoms with Crippen LogP contribution in [-0.2, 0) is 0 Å². The standard InChI is InChI=1S/C20H28N2O2/c1-15-10-12-22(13-11-15)20(24)17-7-5-6-16(14-17)19(23)21-18-8-3-2-4-9-18/h5-7,14-15,18H,2-4,8-13H2,1H3,(H,21,23). The zero-order chi connectivity index (χ0) is 16.9. The van der Waals surface area contributed by atoms with Crippen LogP contribution in [0.2, 0.25) is 0 Å². The van der Waals surface area contributed by atoms with Gasteiger partial charge in [0.25, 0.3) is 11.8 Å². The van der Waals surface area contributed by atoms with Crippen LogP contribution in [0.15, 0.2) is 24.3 Å². The number of hydrogen-bond acceptors (Lipinski definition) is 2. The van der Waals surface area contributed by atoms with E-state index in [0.29, 0.717) is 17.0 Å². The summed E-state index contributed by atoms with van der Waals surface area (Å²) in [5, 5.41) is 3.12. The highest BCUT2D eigenvalue weighted by Crippen LogP contribution is 2.20. The summed E-state index contributed by atoms with van der Waals surface area (Å²) in [5.74, 6) is 0.694. The highest BCUT2D eigenvalue weighted by molar-refractivity contribution is 5.99. The molecule has 1 heterocycles. The molecule has 1 saturated carbocycles. The van der Waals surface area contributed by atoms with Crippen LogP contribution < -0.4 is 5.32 Å². The number of nitrogens with zero attached hydrogens (tertiary/aromatic N) is 1. The van der Waals surface area contributed by atoms with Gasteiger partial charge in [0, 0.05) is 30.3 Å². The van der Waals surface area contributed by atoms with Gasteiger partial charge in [0.1, 0.15) is 0 Å². The minimum atomic E-state index is -0.0520. The maximum atomic E-state index is 12.7. The molecule has 4 nitrogen and oxygen atoms in total. The van der Waals surface area contributed by atoms with Gasteiger partial charge in [-0.25, -0.2) is 0 Å². The monoisotopic (exact) mass is 328 g/mol. The van der Waals surface area contributed by atoms with Crippen LogP contribution in [0.5, 0.6) is 0 Å². The minimum absolute atomic E-state index is 0.0502. The number of amides is 2. The predicted octanol–water partition coefficient (Wildman–Crippen LogP) is 3.62. The van der Waals surface area contributed by atoms with E-state index in [0.717, 1.165) is 38.8 Å². The van der Waals surface area contributed by atoms with Gasteiger partial charge in [-0.3, -0.25) is 9.59 Å². The summed E-state index contributed by atoms with van der Waals surface area (Å²) in [4.78, 5) is 27.1. The Morgan fingerprint density at radius 3 is 2.38 bits per heavy atom. The Morgan fingerprint density at radius 2 is 1.67 bits per heavy atom. The average molecular weight is 328 g/mol. The van der Waals surface area contributed by atoms with Crippen LogP contribution in [0.25, 0.3) is 0 Å². The second-order valence-electron chi connectivity index (χ2n) is 7.36. The van der Waals surface area contributed by atoms with Crippen molar-refractivity contribution in [2.24, 2.45) is 5.92 Å². The van der Waals surface area contributed by atoms with Gasteiger partial charge in [-0.1, -0.05) is 32.3 Å². The molecule has 1 N–H and O–H groups in total. The molecule has 4 heteroatoms. The molecule has 0 spiro atoms. The number of benzene rings is 1. The number of carbonyl (C=O) groups is 2. The van der Waals surface area contributed by atoms with E-state index >= 15 is 0 Å². The fraction of sp³-hybridized carbons (Fsp3) is 0.600. The Kier molecular flexibility index (Phi) is 5.54. The van der Waals surface area contributed by atoms with Crippen molar-refractivity contribution in [2.75, 3.05) is 13.1 Å². The number of hydrogen-bond donors (Lipinski definition) is 1. The van der Waals surface area contributed by atoms with E-state index in [4.69, 9.17) is 0 Å². The molecule has 0 unspecified atom stereocenters. The van der Waals surface area contributed by atoms with Gasteiger partial charge in [-0.05, 0) is 49.8 Å². The lowest BCUT2D eigenvalue weighted by Gasteiger charge is -2.30. The number of likely N-dealkylation sites (tertiary alicyclic amines) is 1. The molecule has 2 aliphatic rings. The van der Waals surface area contributed by atoms with Crippen molar-refractivity contribution in [1.29, 1.82) is 0 Å². The predicted molar refractivity (Wildman–Crippen MR) is 95.1 cm³/mol. The molecule has 1 aliphatic heterocycles. The van der Waals surface area contributed by atoms with Crippen LogP contribution in [-0.4, -0.2) is 35.8 Å². The SMILES string of the molecule is CC1CCN(C(=O)c2cccc(C(=O)NC3CCCCC3)c2)CC1. The second-order valence-corrected chi connectivity index (χ2v) is 7.36. The molecule has 0 aromatic heterocycles. The number of piperidine rings is 1. The van der Waals surface area contributed by atoms with Crippen molar-refractivity contribution in [2.45, 2.75) is 57.9 Å². The first-order valence-corrected chi connectivity index (χ1v) is 9.33. The van der Waals surface area contributed by atoms with Crippen molar-refractivity contribution in [3.63, 3.8) is 0 Å². The van der Waals surface area contributed by atoms with E-state index in [1.807, 2.05) is 17.0 Å². The first-order chi connectivity index (χ1) is 11.6. The van der Waals surface area contributed by atoms with E-state index in [9.17, 15) is 9.59 Å². The Morgan fingerprint density at radius 1 is 1.00 bits per heavy atom. The number of carbonyl (C=O) groups excluding carboxylic acids is 2. The molecule has 0 radical (unpaired) electrons. The van der Waals surface area contributed by atoms with Crippen molar-refractivity contribution in [3.8, 4) is 0 Å². The van der Waals surface area contributed by atoms with Gasteiger partial charge in [0.05, 0.1) is 0 Å². The zero-order valence-corrected chi connectivity index (χ0v) is 14.6. The summed E-state index contributed by atoms with van der Waals surface area (Å²) >= 11 is 0. The maximum absolute atomic E-state index is 12.7. The summed E-state index contributed by atoms with van der Waals surface area (Å²) in [5.41, 5.74) is 1.22. The molecule has 1 aliphatic carbocycles. The largest absolute Gasteiger partial charge is 0.349 e. The van der Waals surface area contributed by atoms with Crippen LogP contribution in [0.4, 0.5) is 0 Å². The summed E-state index contributed by atoms with van der Waals surface area (Å²) in [6, 6.07) is 7.47. The lowest BCUT2D eigenvalue weighted by Crippen LogP contribution is -2.38. The molecule has 0 atom stereocenters. The fourth-order valence-electron chi connectivity index (χ4n) is 3.70. The lowest BCUT2D eigenvalue weighted by atomic mass is 9.95. The van der Waals surface area contributed by atoms with Gasteiger partial charge < -0.3 is 10.2 Å². The molecule has 2 amide bonds. The summed E-state index contributed by atoms with van der Waals surface area (Å²) in [6.07, 6.45) is 7.91. The Bertz CT molecular complexity index is 585. The second kappa shape index (κ2) is 7.82. The van der Waals surface area contributed by atoms with Crippen molar-refractivity contribution < 1.29 is 9.59 Å². The van der Waals surface area contributed by atoms with Gasteiger partial charge in [-0.2, -0.15) is 0 Å². The minimum Gasteiger partial charge on any atom is -0.349 e. The van der Waals surface area contributed by atoms with Gasteiger partial charge >= 0.3 is 0 Å². The van der Waals surface area contributed by atoms with Crippen LogP contribution in [0, 0.1) is 5.92 Å². The van der Waals surface area contributed by atoms with E-state index in [1.165, 1.54) is 19.3 Å². The summed E-state index contributed by atoms with van der Waals surface area (Å²) < 4.78 is 0. The van der Waals surface area contributed by atoms with Gasteiger partial charge in [0.15, 0.2) is 0 Å². The zero-order valence-electron chi connectivity index (χ0n) is 14.6. The molecular formula is C20H28N2O2. The molecule has 0 bridgehead atoms. The van der Waals surface area contributed by atoms with E-state index in [2.05, 4.69) is 12.2 Å². The van der Waals surface area contributed by atoms with E-state index in [1.54, 1.807) is 12.1 Å². The van der Waals surface area contributed by atoms with Crippen molar-refractivity contribution >= 4 is 11.8 Å². The number of nitrogens with one attached hydrogen (secondary N) is 1. The highest BCUT2D eigenvalue weighted by Gasteiger charge is 2.22. The third kappa shape index (κ3) is 4.16. The average Bonchev–Trinajstić information content (AvgIpc) is 2.63. The first-order valence-electron chi connectivity index (χ1n) is 9.33. The van der Waals surface area contributed by atoms with Crippen LogP contribution in [0.3, 0.4) is 0 Å². The van der Waals surface area contributed by atoms with Gasteiger partial charge in [0.2, 0.25) is 0 Å². The first kappa shape index (κ1) is 17.0. The van der Waals surface area contributed by atoms with Crippen molar-refractivity contribution in [1.82, 2.24) is 10.2 Å². The molecule has 1 saturated heterocycles. The molecular weight excluding hydrogens is 300 g/mol. The molecule has 130 valence electrons. The number of rotatable bonds is 3. The van der Waals surface area contributed by atoms with Crippen LogP contribution in [0.1, 0.15) is 72.6 Å².